The average Bonchev–Trinajstić information content (AvgIpc) is 2.75. The summed E-state index contributed by atoms with van der Waals surface area (Å²) in [5.41, 5.74) is 0. The van der Waals surface area contributed by atoms with Gasteiger partial charge in [-0.2, -0.15) is 0 Å². The first-order chi connectivity index (χ1) is 9.49. The zero-order valence-electron chi connectivity index (χ0n) is 12.6. The van der Waals surface area contributed by atoms with Crippen LogP contribution in [0.3, 0.4) is 0 Å². The molecule has 0 fully saturated rings. The molecule has 0 atom stereocenters. The smallest absolute Gasteiger partial charge is 0.221 e. The second-order valence-electron chi connectivity index (χ2n) is 5.11. The summed E-state index contributed by atoms with van der Waals surface area (Å²) in [4.78, 5) is 11.5. The number of hydrogen-bond donors (Lipinski definition) is 2. The molecule has 1 aromatic heterocycles. The summed E-state index contributed by atoms with van der Waals surface area (Å²) in [5.74, 6) is 0.740. The van der Waals surface area contributed by atoms with E-state index in [1.54, 1.807) is 4.68 Å². The van der Waals surface area contributed by atoms with E-state index in [9.17, 15) is 4.79 Å². The van der Waals surface area contributed by atoms with E-state index in [0.717, 1.165) is 18.2 Å². The van der Waals surface area contributed by atoms with Crippen molar-refractivity contribution in [3.63, 3.8) is 0 Å². The van der Waals surface area contributed by atoms with Crippen LogP contribution in [0.5, 0.6) is 0 Å². The summed E-state index contributed by atoms with van der Waals surface area (Å²) in [7, 11) is 0. The molecule has 114 valence electrons. The molecule has 1 aromatic rings. The lowest BCUT2D eigenvalue weighted by Crippen LogP contribution is -2.30. The Morgan fingerprint density at radius 1 is 1.30 bits per heavy atom. The third-order valence-corrected chi connectivity index (χ3v) is 3.34. The SMILES string of the molecule is CC(C)NCCn1nnnc1SCCC(=O)NC(C)C. The minimum absolute atomic E-state index is 0.0630. The maximum absolute atomic E-state index is 11.5. The van der Waals surface area contributed by atoms with Crippen LogP contribution in [-0.2, 0) is 11.3 Å². The van der Waals surface area contributed by atoms with E-state index in [4.69, 9.17) is 0 Å². The fourth-order valence-corrected chi connectivity index (χ4v) is 2.37. The van der Waals surface area contributed by atoms with Crippen LogP contribution in [0.2, 0.25) is 0 Å². The van der Waals surface area contributed by atoms with E-state index in [1.807, 2.05) is 13.8 Å². The van der Waals surface area contributed by atoms with Crippen LogP contribution >= 0.6 is 11.8 Å². The van der Waals surface area contributed by atoms with Gasteiger partial charge >= 0.3 is 0 Å². The fraction of sp³-hybridized carbons (Fsp3) is 0.833. The van der Waals surface area contributed by atoms with Gasteiger partial charge in [-0.1, -0.05) is 25.6 Å². The van der Waals surface area contributed by atoms with Crippen molar-refractivity contribution in [2.75, 3.05) is 12.3 Å². The van der Waals surface area contributed by atoms with Gasteiger partial charge in [0.2, 0.25) is 11.1 Å². The highest BCUT2D eigenvalue weighted by atomic mass is 32.2. The Bertz CT molecular complexity index is 406. The first-order valence-corrected chi connectivity index (χ1v) is 7.89. The molecule has 0 bridgehead atoms. The Hall–Kier alpha value is -1.15. The Balaban J connectivity index is 2.30. The van der Waals surface area contributed by atoms with Crippen molar-refractivity contribution >= 4 is 17.7 Å². The molecule has 20 heavy (non-hydrogen) atoms. The van der Waals surface area contributed by atoms with Gasteiger partial charge in [0.05, 0.1) is 6.54 Å². The fourth-order valence-electron chi connectivity index (χ4n) is 1.53. The molecule has 0 aliphatic heterocycles. The lowest BCUT2D eigenvalue weighted by atomic mass is 10.3. The van der Waals surface area contributed by atoms with Gasteiger partial charge in [-0.25, -0.2) is 4.68 Å². The topological polar surface area (TPSA) is 84.7 Å². The van der Waals surface area contributed by atoms with Crippen molar-refractivity contribution in [2.24, 2.45) is 0 Å². The molecule has 0 aliphatic carbocycles. The number of nitrogens with zero attached hydrogens (tertiary/aromatic N) is 4. The van der Waals surface area contributed by atoms with Gasteiger partial charge in [0.15, 0.2) is 0 Å². The van der Waals surface area contributed by atoms with E-state index in [0.29, 0.717) is 18.2 Å². The van der Waals surface area contributed by atoms with E-state index in [1.165, 1.54) is 11.8 Å². The van der Waals surface area contributed by atoms with Crippen LogP contribution in [0.4, 0.5) is 0 Å². The predicted molar refractivity (Wildman–Crippen MR) is 79.6 cm³/mol. The van der Waals surface area contributed by atoms with Gasteiger partial charge in [0.25, 0.3) is 0 Å². The average molecular weight is 300 g/mol. The molecule has 1 amide bonds. The largest absolute Gasteiger partial charge is 0.354 e. The second-order valence-corrected chi connectivity index (χ2v) is 6.18. The van der Waals surface area contributed by atoms with Crippen LogP contribution in [0.25, 0.3) is 0 Å². The summed E-state index contributed by atoms with van der Waals surface area (Å²) in [5, 5.41) is 18.5. The number of hydrogen-bond acceptors (Lipinski definition) is 6. The van der Waals surface area contributed by atoms with Gasteiger partial charge in [0, 0.05) is 30.8 Å². The summed E-state index contributed by atoms with van der Waals surface area (Å²) < 4.78 is 1.76. The standard InChI is InChI=1S/C12H24N6OS/c1-9(2)13-6-7-18-12(15-16-17-18)20-8-5-11(19)14-10(3)4/h9-10,13H,5-8H2,1-4H3,(H,14,19). The third kappa shape index (κ3) is 6.85. The lowest BCUT2D eigenvalue weighted by molar-refractivity contribution is -0.121. The van der Waals surface area contributed by atoms with Crippen molar-refractivity contribution in [1.29, 1.82) is 0 Å². The van der Waals surface area contributed by atoms with Gasteiger partial charge < -0.3 is 10.6 Å². The molecule has 0 saturated heterocycles. The molecule has 0 radical (unpaired) electrons. The van der Waals surface area contributed by atoms with Gasteiger partial charge in [-0.05, 0) is 24.3 Å². The first-order valence-electron chi connectivity index (χ1n) is 6.90. The van der Waals surface area contributed by atoms with Crippen molar-refractivity contribution in [3.8, 4) is 0 Å². The highest BCUT2D eigenvalue weighted by molar-refractivity contribution is 7.99. The van der Waals surface area contributed by atoms with Crippen molar-refractivity contribution in [2.45, 2.75) is 57.9 Å². The Labute approximate surface area is 124 Å². The number of nitrogens with one attached hydrogen (secondary N) is 2. The molecule has 7 nitrogen and oxygen atoms in total. The van der Waals surface area contributed by atoms with Crippen LogP contribution in [-0.4, -0.2) is 50.5 Å². The number of carbonyl (C=O) groups is 1. The highest BCUT2D eigenvalue weighted by Gasteiger charge is 2.09. The quantitative estimate of drug-likeness (QED) is 0.652. The van der Waals surface area contributed by atoms with Crippen LogP contribution in [0.15, 0.2) is 5.16 Å². The van der Waals surface area contributed by atoms with Crippen LogP contribution in [0.1, 0.15) is 34.1 Å². The number of carbonyl (C=O) groups excluding carboxylic acids is 1. The predicted octanol–water partition coefficient (Wildman–Crippen LogP) is 0.678. The van der Waals surface area contributed by atoms with E-state index in [2.05, 4.69) is 40.0 Å². The Morgan fingerprint density at radius 3 is 2.70 bits per heavy atom. The number of thioether (sulfide) groups is 1. The minimum atomic E-state index is 0.0630. The van der Waals surface area contributed by atoms with Crippen molar-refractivity contribution in [3.05, 3.63) is 0 Å². The van der Waals surface area contributed by atoms with Crippen LogP contribution < -0.4 is 10.6 Å². The zero-order chi connectivity index (χ0) is 15.0. The maximum atomic E-state index is 11.5. The molecule has 0 aliphatic rings. The summed E-state index contributed by atoms with van der Waals surface area (Å²) >= 11 is 1.51. The highest BCUT2D eigenvalue weighted by Crippen LogP contribution is 2.14. The van der Waals surface area contributed by atoms with Gasteiger partial charge in [-0.15, -0.1) is 5.10 Å². The van der Waals surface area contributed by atoms with Crippen molar-refractivity contribution < 1.29 is 4.79 Å². The summed E-state index contributed by atoms with van der Waals surface area (Å²) in [6.45, 7) is 9.65. The van der Waals surface area contributed by atoms with E-state index in [-0.39, 0.29) is 11.9 Å². The number of tetrazole rings is 1. The number of aromatic nitrogens is 4. The third-order valence-electron chi connectivity index (χ3n) is 2.39. The molecule has 0 saturated carbocycles. The molecule has 1 rings (SSSR count). The first kappa shape index (κ1) is 16.9. The normalized spacial score (nSPS) is 11.3. The Morgan fingerprint density at radius 2 is 2.05 bits per heavy atom. The van der Waals surface area contributed by atoms with Gasteiger partial charge in [-0.3, -0.25) is 4.79 Å². The molecule has 1 heterocycles. The van der Waals surface area contributed by atoms with Gasteiger partial charge in [0.1, 0.15) is 0 Å². The molecule has 8 heteroatoms. The Kier molecular flexibility index (Phi) is 7.53. The maximum Gasteiger partial charge on any atom is 0.221 e. The van der Waals surface area contributed by atoms with E-state index >= 15 is 0 Å². The van der Waals surface area contributed by atoms with Crippen molar-refractivity contribution in [1.82, 2.24) is 30.8 Å². The molecular formula is C12H24N6OS. The molecule has 0 spiro atoms. The molecule has 0 unspecified atom stereocenters. The second kappa shape index (κ2) is 8.91. The zero-order valence-corrected chi connectivity index (χ0v) is 13.4. The molecular weight excluding hydrogens is 276 g/mol. The monoisotopic (exact) mass is 300 g/mol. The van der Waals surface area contributed by atoms with Crippen LogP contribution in [0, 0.1) is 0 Å². The molecule has 2 N–H and O–H groups in total. The lowest BCUT2D eigenvalue weighted by Gasteiger charge is -2.09. The molecule has 0 aromatic carbocycles. The summed E-state index contributed by atoms with van der Waals surface area (Å²) in [6, 6.07) is 0.627. The minimum Gasteiger partial charge on any atom is -0.354 e. The van der Waals surface area contributed by atoms with E-state index < -0.39 is 0 Å². The summed E-state index contributed by atoms with van der Waals surface area (Å²) in [6.07, 6.45) is 0.472. The number of rotatable bonds is 9. The number of amides is 1.